The molecule has 2 aliphatic heterocycles. The van der Waals surface area contributed by atoms with Crippen LogP contribution in [-0.2, 0) is 9.59 Å². The van der Waals surface area contributed by atoms with Crippen LogP contribution in [0.1, 0.15) is 50.2 Å². The molecule has 0 unspecified atom stereocenters. The summed E-state index contributed by atoms with van der Waals surface area (Å²) in [5, 5.41) is 0. The molecule has 0 bridgehead atoms. The SMILES string of the molecule is COc1ccc(C2=C(N3CCCCC3)C(=O)N(c3ccc(C(C)C)cc3)C2=O)cc1OC. The minimum absolute atomic E-state index is 0.265. The summed E-state index contributed by atoms with van der Waals surface area (Å²) in [4.78, 5) is 30.7. The van der Waals surface area contributed by atoms with E-state index in [9.17, 15) is 9.59 Å². The number of nitrogens with zero attached hydrogens (tertiary/aromatic N) is 2. The van der Waals surface area contributed by atoms with Crippen molar-refractivity contribution in [2.75, 3.05) is 32.2 Å². The van der Waals surface area contributed by atoms with Crippen LogP contribution in [0.15, 0.2) is 48.2 Å². The van der Waals surface area contributed by atoms with Crippen LogP contribution in [0.5, 0.6) is 11.5 Å². The minimum atomic E-state index is -0.305. The maximum absolute atomic E-state index is 13.7. The molecule has 2 aliphatic rings. The van der Waals surface area contributed by atoms with Gasteiger partial charge in [-0.3, -0.25) is 9.59 Å². The Labute approximate surface area is 189 Å². The zero-order chi connectivity index (χ0) is 22.8. The van der Waals surface area contributed by atoms with Gasteiger partial charge in [0.1, 0.15) is 5.70 Å². The van der Waals surface area contributed by atoms with E-state index < -0.39 is 0 Å². The van der Waals surface area contributed by atoms with Crippen molar-refractivity contribution in [2.24, 2.45) is 0 Å². The van der Waals surface area contributed by atoms with E-state index in [1.54, 1.807) is 26.4 Å². The molecule has 6 nitrogen and oxygen atoms in total. The van der Waals surface area contributed by atoms with E-state index in [-0.39, 0.29) is 11.8 Å². The molecule has 0 spiro atoms. The maximum Gasteiger partial charge on any atom is 0.282 e. The first-order valence-electron chi connectivity index (χ1n) is 11.2. The predicted octanol–water partition coefficient (Wildman–Crippen LogP) is 4.60. The first-order valence-corrected chi connectivity index (χ1v) is 11.2. The second-order valence-electron chi connectivity index (χ2n) is 8.53. The zero-order valence-electron chi connectivity index (χ0n) is 19.2. The minimum Gasteiger partial charge on any atom is -0.493 e. The van der Waals surface area contributed by atoms with Gasteiger partial charge in [-0.2, -0.15) is 0 Å². The van der Waals surface area contributed by atoms with Crippen molar-refractivity contribution in [3.8, 4) is 11.5 Å². The van der Waals surface area contributed by atoms with Gasteiger partial charge in [0.15, 0.2) is 11.5 Å². The van der Waals surface area contributed by atoms with E-state index in [1.807, 2.05) is 30.3 Å². The average molecular weight is 435 g/mol. The summed E-state index contributed by atoms with van der Waals surface area (Å²) in [6, 6.07) is 13.0. The molecular formula is C26H30N2O4. The Morgan fingerprint density at radius 1 is 0.812 bits per heavy atom. The third-order valence-corrected chi connectivity index (χ3v) is 6.22. The van der Waals surface area contributed by atoms with Crippen molar-refractivity contribution in [3.63, 3.8) is 0 Å². The molecule has 0 aliphatic carbocycles. The van der Waals surface area contributed by atoms with E-state index in [1.165, 1.54) is 4.90 Å². The Balaban J connectivity index is 1.80. The number of carbonyl (C=O) groups is 2. The van der Waals surface area contributed by atoms with Crippen molar-refractivity contribution >= 4 is 23.1 Å². The van der Waals surface area contributed by atoms with Crippen LogP contribution in [0.2, 0.25) is 0 Å². The molecule has 168 valence electrons. The molecule has 1 saturated heterocycles. The number of rotatable bonds is 6. The summed E-state index contributed by atoms with van der Waals surface area (Å²) >= 11 is 0. The highest BCUT2D eigenvalue weighted by atomic mass is 16.5. The lowest BCUT2D eigenvalue weighted by molar-refractivity contribution is -0.120. The molecule has 0 radical (unpaired) electrons. The average Bonchev–Trinajstić information content (AvgIpc) is 3.09. The Morgan fingerprint density at radius 3 is 2.06 bits per heavy atom. The van der Waals surface area contributed by atoms with Crippen LogP contribution < -0.4 is 14.4 Å². The monoisotopic (exact) mass is 434 g/mol. The van der Waals surface area contributed by atoms with E-state index in [2.05, 4.69) is 18.7 Å². The number of piperidine rings is 1. The Hall–Kier alpha value is -3.28. The molecule has 1 fully saturated rings. The van der Waals surface area contributed by atoms with Crippen LogP contribution in [-0.4, -0.2) is 44.0 Å². The maximum atomic E-state index is 13.7. The fourth-order valence-electron chi connectivity index (χ4n) is 4.42. The predicted molar refractivity (Wildman–Crippen MR) is 125 cm³/mol. The first kappa shape index (κ1) is 21.9. The summed E-state index contributed by atoms with van der Waals surface area (Å²) in [5.74, 6) is 0.905. The summed E-state index contributed by atoms with van der Waals surface area (Å²) in [7, 11) is 3.13. The molecule has 2 aromatic carbocycles. The van der Waals surface area contributed by atoms with Gasteiger partial charge in [-0.05, 0) is 60.6 Å². The van der Waals surface area contributed by atoms with Crippen molar-refractivity contribution in [1.29, 1.82) is 0 Å². The molecule has 32 heavy (non-hydrogen) atoms. The standard InChI is InChI=1S/C26H30N2O4/c1-17(2)18-8-11-20(12-9-18)28-25(29)23(19-10-13-21(31-3)22(16-19)32-4)24(26(28)30)27-14-6-5-7-15-27/h8-13,16-17H,5-7,14-15H2,1-4H3. The summed E-state index contributed by atoms with van der Waals surface area (Å²) in [6.45, 7) is 5.77. The molecule has 6 heteroatoms. The van der Waals surface area contributed by atoms with E-state index in [0.29, 0.717) is 39.9 Å². The number of ether oxygens (including phenoxy) is 2. The number of benzene rings is 2. The van der Waals surface area contributed by atoms with Gasteiger partial charge in [0.25, 0.3) is 11.8 Å². The summed E-state index contributed by atoms with van der Waals surface area (Å²) in [5.41, 5.74) is 3.31. The van der Waals surface area contributed by atoms with Crippen LogP contribution in [0.4, 0.5) is 5.69 Å². The number of imide groups is 1. The molecule has 4 rings (SSSR count). The molecule has 0 N–H and O–H groups in total. The van der Waals surface area contributed by atoms with Gasteiger partial charge in [0.05, 0.1) is 25.5 Å². The van der Waals surface area contributed by atoms with Gasteiger partial charge in [0.2, 0.25) is 0 Å². The normalized spacial score (nSPS) is 16.9. The Kier molecular flexibility index (Phi) is 6.21. The highest BCUT2D eigenvalue weighted by molar-refractivity contribution is 6.45. The molecule has 2 amide bonds. The number of carbonyl (C=O) groups excluding carboxylic acids is 2. The van der Waals surface area contributed by atoms with Crippen molar-refractivity contribution in [2.45, 2.75) is 39.0 Å². The van der Waals surface area contributed by atoms with E-state index in [0.717, 1.165) is 37.9 Å². The third-order valence-electron chi connectivity index (χ3n) is 6.22. The third kappa shape index (κ3) is 3.85. The summed E-state index contributed by atoms with van der Waals surface area (Å²) < 4.78 is 10.8. The molecule has 0 aromatic heterocycles. The van der Waals surface area contributed by atoms with E-state index in [4.69, 9.17) is 9.47 Å². The molecule has 2 heterocycles. The van der Waals surface area contributed by atoms with Crippen molar-refractivity contribution in [1.82, 2.24) is 4.90 Å². The smallest absolute Gasteiger partial charge is 0.282 e. The lowest BCUT2D eigenvalue weighted by Crippen LogP contribution is -2.37. The quantitative estimate of drug-likeness (QED) is 0.622. The van der Waals surface area contributed by atoms with Gasteiger partial charge in [-0.1, -0.05) is 32.0 Å². The van der Waals surface area contributed by atoms with Gasteiger partial charge >= 0.3 is 0 Å². The Morgan fingerprint density at radius 2 is 1.47 bits per heavy atom. The second kappa shape index (κ2) is 9.07. The fourth-order valence-corrected chi connectivity index (χ4v) is 4.42. The van der Waals surface area contributed by atoms with Gasteiger partial charge in [-0.25, -0.2) is 4.90 Å². The molecule has 0 saturated carbocycles. The Bertz CT molecular complexity index is 1050. The number of anilines is 1. The largest absolute Gasteiger partial charge is 0.493 e. The van der Waals surface area contributed by atoms with Crippen molar-refractivity contribution in [3.05, 3.63) is 59.3 Å². The molecule has 2 aromatic rings. The first-order chi connectivity index (χ1) is 15.5. The second-order valence-corrected chi connectivity index (χ2v) is 8.53. The molecular weight excluding hydrogens is 404 g/mol. The zero-order valence-corrected chi connectivity index (χ0v) is 19.2. The topological polar surface area (TPSA) is 59.1 Å². The number of likely N-dealkylation sites (tertiary alicyclic amines) is 1. The number of methoxy groups -OCH3 is 2. The highest BCUT2D eigenvalue weighted by Crippen LogP contribution is 2.39. The van der Waals surface area contributed by atoms with Gasteiger partial charge < -0.3 is 14.4 Å². The van der Waals surface area contributed by atoms with Crippen molar-refractivity contribution < 1.29 is 19.1 Å². The number of hydrogen-bond acceptors (Lipinski definition) is 5. The van der Waals surface area contributed by atoms with Gasteiger partial charge in [-0.15, -0.1) is 0 Å². The number of amides is 2. The van der Waals surface area contributed by atoms with E-state index >= 15 is 0 Å². The lowest BCUT2D eigenvalue weighted by Gasteiger charge is -2.29. The van der Waals surface area contributed by atoms with Crippen LogP contribution in [0.3, 0.4) is 0 Å². The number of hydrogen-bond donors (Lipinski definition) is 0. The highest BCUT2D eigenvalue weighted by Gasteiger charge is 2.42. The van der Waals surface area contributed by atoms with Gasteiger partial charge in [0, 0.05) is 13.1 Å². The van der Waals surface area contributed by atoms with Crippen LogP contribution in [0.25, 0.3) is 5.57 Å². The fraction of sp³-hybridized carbons (Fsp3) is 0.385. The summed E-state index contributed by atoms with van der Waals surface area (Å²) in [6.07, 6.45) is 3.15. The lowest BCUT2D eigenvalue weighted by atomic mass is 10.0. The molecule has 0 atom stereocenters. The van der Waals surface area contributed by atoms with Crippen LogP contribution in [0, 0.1) is 0 Å². The van der Waals surface area contributed by atoms with Crippen LogP contribution >= 0.6 is 0 Å².